The third-order valence-corrected chi connectivity index (χ3v) is 3.94. The highest BCUT2D eigenvalue weighted by Gasteiger charge is 2.15. The number of benzene rings is 1. The van der Waals surface area contributed by atoms with Crippen LogP contribution < -0.4 is 5.32 Å². The summed E-state index contributed by atoms with van der Waals surface area (Å²) >= 11 is 6.91. The molecule has 19 heavy (non-hydrogen) atoms. The van der Waals surface area contributed by atoms with E-state index in [1.165, 1.54) is 12.1 Å². The summed E-state index contributed by atoms with van der Waals surface area (Å²) in [6.07, 6.45) is 2.53. The van der Waals surface area contributed by atoms with Crippen molar-refractivity contribution in [2.24, 2.45) is 0 Å². The molecule has 1 aromatic carbocycles. The molecule has 0 aliphatic carbocycles. The predicted molar refractivity (Wildman–Crippen MR) is 81.5 cm³/mol. The molecular formula is C14H13Br2FN2. The number of likely N-dealkylation sites (N-methyl/N-ethyl adjacent to an activating group) is 1. The van der Waals surface area contributed by atoms with Crippen LogP contribution in [0.2, 0.25) is 0 Å². The lowest BCUT2D eigenvalue weighted by molar-refractivity contribution is 0.571. The maximum absolute atomic E-state index is 12.9. The van der Waals surface area contributed by atoms with E-state index in [4.69, 9.17) is 0 Å². The molecule has 0 aliphatic heterocycles. The summed E-state index contributed by atoms with van der Waals surface area (Å²) in [5, 5.41) is 3.24. The van der Waals surface area contributed by atoms with Crippen LogP contribution in [0.25, 0.3) is 0 Å². The molecule has 5 heteroatoms. The minimum Gasteiger partial charge on any atom is -0.311 e. The van der Waals surface area contributed by atoms with Gasteiger partial charge in [-0.3, -0.25) is 4.98 Å². The average molecular weight is 388 g/mol. The van der Waals surface area contributed by atoms with E-state index in [-0.39, 0.29) is 11.9 Å². The first kappa shape index (κ1) is 14.6. The fraction of sp³-hybridized carbons (Fsp3) is 0.214. The Bertz CT molecular complexity index is 558. The molecule has 0 aliphatic rings. The van der Waals surface area contributed by atoms with Crippen LogP contribution in [0.5, 0.6) is 0 Å². The number of nitrogens with one attached hydrogen (secondary N) is 1. The molecular weight excluding hydrogens is 375 g/mol. The van der Waals surface area contributed by atoms with E-state index in [0.29, 0.717) is 0 Å². The van der Waals surface area contributed by atoms with Crippen LogP contribution in [0, 0.1) is 5.82 Å². The van der Waals surface area contributed by atoms with Gasteiger partial charge in [0.05, 0.1) is 11.7 Å². The summed E-state index contributed by atoms with van der Waals surface area (Å²) in [5.74, 6) is -0.215. The Balaban J connectivity index is 2.22. The van der Waals surface area contributed by atoms with Gasteiger partial charge >= 0.3 is 0 Å². The van der Waals surface area contributed by atoms with Crippen molar-refractivity contribution in [2.75, 3.05) is 7.05 Å². The number of halogens is 3. The number of hydrogen-bond acceptors (Lipinski definition) is 2. The van der Waals surface area contributed by atoms with Gasteiger partial charge in [0, 0.05) is 15.1 Å². The average Bonchev–Trinajstić information content (AvgIpc) is 2.39. The van der Waals surface area contributed by atoms with Crippen molar-refractivity contribution in [1.82, 2.24) is 10.3 Å². The summed E-state index contributed by atoms with van der Waals surface area (Å²) in [5.41, 5.74) is 2.01. The molecule has 1 aromatic heterocycles. The molecule has 100 valence electrons. The van der Waals surface area contributed by atoms with Crippen LogP contribution in [-0.4, -0.2) is 12.0 Å². The quantitative estimate of drug-likeness (QED) is 0.848. The van der Waals surface area contributed by atoms with Crippen molar-refractivity contribution in [3.8, 4) is 0 Å². The van der Waals surface area contributed by atoms with Crippen LogP contribution in [0.15, 0.2) is 45.5 Å². The third-order valence-electron chi connectivity index (χ3n) is 2.87. The van der Waals surface area contributed by atoms with E-state index >= 15 is 0 Å². The zero-order chi connectivity index (χ0) is 13.8. The third kappa shape index (κ3) is 3.84. The fourth-order valence-electron chi connectivity index (χ4n) is 1.87. The Morgan fingerprint density at radius 3 is 2.53 bits per heavy atom. The van der Waals surface area contributed by atoms with Crippen LogP contribution in [-0.2, 0) is 6.42 Å². The SMILES string of the molecule is CNC(Cc1ccc(F)cc1)c1ncc(Br)cc1Br. The minimum absolute atomic E-state index is 0.0768. The van der Waals surface area contributed by atoms with Crippen molar-refractivity contribution in [3.05, 3.63) is 62.5 Å². The van der Waals surface area contributed by atoms with E-state index in [9.17, 15) is 4.39 Å². The van der Waals surface area contributed by atoms with Gasteiger partial charge in [-0.05, 0) is 69.1 Å². The van der Waals surface area contributed by atoms with E-state index in [0.717, 1.165) is 26.6 Å². The van der Waals surface area contributed by atoms with Crippen molar-refractivity contribution in [2.45, 2.75) is 12.5 Å². The Kier molecular flexibility index (Phi) is 5.07. The van der Waals surface area contributed by atoms with Gasteiger partial charge in [0.1, 0.15) is 5.82 Å². The van der Waals surface area contributed by atoms with Crippen LogP contribution in [0.1, 0.15) is 17.3 Å². The van der Waals surface area contributed by atoms with E-state index < -0.39 is 0 Å². The van der Waals surface area contributed by atoms with Crippen LogP contribution >= 0.6 is 31.9 Å². The van der Waals surface area contributed by atoms with Gasteiger partial charge < -0.3 is 5.32 Å². The molecule has 1 atom stereocenters. The molecule has 0 saturated carbocycles. The monoisotopic (exact) mass is 386 g/mol. The number of rotatable bonds is 4. The van der Waals surface area contributed by atoms with Gasteiger partial charge in [0.2, 0.25) is 0 Å². The molecule has 0 spiro atoms. The van der Waals surface area contributed by atoms with Crippen molar-refractivity contribution in [1.29, 1.82) is 0 Å². The molecule has 0 saturated heterocycles. The molecule has 1 heterocycles. The molecule has 0 radical (unpaired) electrons. The number of pyridine rings is 1. The van der Waals surface area contributed by atoms with Crippen molar-refractivity contribution < 1.29 is 4.39 Å². The second-order valence-corrected chi connectivity index (χ2v) is 5.96. The van der Waals surface area contributed by atoms with Gasteiger partial charge in [-0.15, -0.1) is 0 Å². The predicted octanol–water partition coefficient (Wildman–Crippen LogP) is 4.25. The normalized spacial score (nSPS) is 12.4. The number of hydrogen-bond donors (Lipinski definition) is 1. The second-order valence-electron chi connectivity index (χ2n) is 4.19. The second kappa shape index (κ2) is 6.59. The van der Waals surface area contributed by atoms with Gasteiger partial charge in [-0.2, -0.15) is 0 Å². The molecule has 0 fully saturated rings. The van der Waals surface area contributed by atoms with Crippen molar-refractivity contribution >= 4 is 31.9 Å². The maximum atomic E-state index is 12.9. The fourth-order valence-corrected chi connectivity index (χ4v) is 3.14. The van der Waals surface area contributed by atoms with Gasteiger partial charge in [0.25, 0.3) is 0 Å². The number of aromatic nitrogens is 1. The topological polar surface area (TPSA) is 24.9 Å². The standard InChI is InChI=1S/C14H13Br2FN2/c1-18-13(6-9-2-4-11(17)5-3-9)14-12(16)7-10(15)8-19-14/h2-5,7-8,13,18H,6H2,1H3. The van der Waals surface area contributed by atoms with Gasteiger partial charge in [0.15, 0.2) is 0 Å². The van der Waals surface area contributed by atoms with Gasteiger partial charge in [-0.1, -0.05) is 12.1 Å². The largest absolute Gasteiger partial charge is 0.311 e. The van der Waals surface area contributed by atoms with E-state index in [1.54, 1.807) is 18.3 Å². The summed E-state index contributed by atoms with van der Waals surface area (Å²) < 4.78 is 14.8. The highest BCUT2D eigenvalue weighted by molar-refractivity contribution is 9.11. The van der Waals surface area contributed by atoms with E-state index in [1.807, 2.05) is 13.1 Å². The van der Waals surface area contributed by atoms with Crippen molar-refractivity contribution in [3.63, 3.8) is 0 Å². The van der Waals surface area contributed by atoms with E-state index in [2.05, 4.69) is 42.2 Å². The van der Waals surface area contributed by atoms with Gasteiger partial charge in [-0.25, -0.2) is 4.39 Å². The summed E-state index contributed by atoms with van der Waals surface area (Å²) in [7, 11) is 1.89. The minimum atomic E-state index is -0.215. The first-order chi connectivity index (χ1) is 9.10. The summed E-state index contributed by atoms with van der Waals surface area (Å²) in [6, 6.07) is 8.60. The molecule has 0 amide bonds. The highest BCUT2D eigenvalue weighted by atomic mass is 79.9. The molecule has 2 aromatic rings. The van der Waals surface area contributed by atoms with Crippen LogP contribution in [0.4, 0.5) is 4.39 Å². The lowest BCUT2D eigenvalue weighted by Crippen LogP contribution is -2.20. The molecule has 2 nitrogen and oxygen atoms in total. The Labute approximate surface area is 128 Å². The summed E-state index contributed by atoms with van der Waals surface area (Å²) in [4.78, 5) is 4.43. The maximum Gasteiger partial charge on any atom is 0.123 e. The first-order valence-electron chi connectivity index (χ1n) is 5.83. The highest BCUT2D eigenvalue weighted by Crippen LogP contribution is 2.26. The number of nitrogens with zero attached hydrogens (tertiary/aromatic N) is 1. The summed E-state index contributed by atoms with van der Waals surface area (Å²) in [6.45, 7) is 0. The zero-order valence-corrected chi connectivity index (χ0v) is 13.5. The Morgan fingerprint density at radius 2 is 1.95 bits per heavy atom. The Hall–Kier alpha value is -0.780. The molecule has 1 N–H and O–H groups in total. The molecule has 0 bridgehead atoms. The van der Waals surface area contributed by atoms with Crippen LogP contribution in [0.3, 0.4) is 0 Å². The lowest BCUT2D eigenvalue weighted by Gasteiger charge is -2.17. The lowest BCUT2D eigenvalue weighted by atomic mass is 10.0. The Morgan fingerprint density at radius 1 is 1.26 bits per heavy atom. The molecule has 2 rings (SSSR count). The smallest absolute Gasteiger partial charge is 0.123 e. The molecule has 1 unspecified atom stereocenters. The first-order valence-corrected chi connectivity index (χ1v) is 7.41. The zero-order valence-electron chi connectivity index (χ0n) is 10.3.